The van der Waals surface area contributed by atoms with Crippen LogP contribution >= 0.6 is 12.4 Å². The van der Waals surface area contributed by atoms with Crippen LogP contribution in [0.4, 0.5) is 0 Å². The van der Waals surface area contributed by atoms with E-state index in [9.17, 15) is 4.79 Å². The van der Waals surface area contributed by atoms with Crippen LogP contribution < -0.4 is 14.8 Å². The number of carbonyl (C=O) groups excluding carboxylic acids is 1. The van der Waals surface area contributed by atoms with Crippen molar-refractivity contribution in [2.75, 3.05) is 34.4 Å². The summed E-state index contributed by atoms with van der Waals surface area (Å²) in [5.74, 6) is 1.76. The molecular weight excluding hydrogens is 304 g/mol. The number of likely N-dealkylation sites (N-methyl/N-ethyl adjacent to an activating group) is 1. The van der Waals surface area contributed by atoms with Gasteiger partial charge in [-0.15, -0.1) is 12.4 Å². The van der Waals surface area contributed by atoms with Crippen molar-refractivity contribution in [1.29, 1.82) is 0 Å². The fourth-order valence-electron chi connectivity index (χ4n) is 2.67. The Balaban J connectivity index is 0.00000242. The monoisotopic (exact) mass is 328 g/mol. The van der Waals surface area contributed by atoms with E-state index in [1.165, 1.54) is 0 Å². The van der Waals surface area contributed by atoms with Crippen molar-refractivity contribution < 1.29 is 14.3 Å². The van der Waals surface area contributed by atoms with Gasteiger partial charge in [0.05, 0.1) is 14.2 Å². The number of hydrogen-bond acceptors (Lipinski definition) is 4. The van der Waals surface area contributed by atoms with Crippen LogP contribution in [-0.2, 0) is 11.2 Å². The first-order valence-electron chi connectivity index (χ1n) is 7.33. The molecule has 0 aromatic heterocycles. The molecule has 1 amide bonds. The minimum absolute atomic E-state index is 0. The summed E-state index contributed by atoms with van der Waals surface area (Å²) in [6.45, 7) is 1.89. The maximum absolute atomic E-state index is 12.3. The smallest absolute Gasteiger partial charge is 0.222 e. The fraction of sp³-hybridized carbons (Fsp3) is 0.562. The van der Waals surface area contributed by atoms with Crippen molar-refractivity contribution in [3.63, 3.8) is 0 Å². The van der Waals surface area contributed by atoms with Gasteiger partial charge in [0.25, 0.3) is 0 Å². The van der Waals surface area contributed by atoms with Gasteiger partial charge in [-0.05, 0) is 43.1 Å². The van der Waals surface area contributed by atoms with Crippen LogP contribution in [0.2, 0.25) is 0 Å². The number of nitrogens with zero attached hydrogens (tertiary/aromatic N) is 1. The molecule has 1 heterocycles. The predicted octanol–water partition coefficient (Wildman–Crippen LogP) is 1.88. The third-order valence-corrected chi connectivity index (χ3v) is 4.07. The van der Waals surface area contributed by atoms with Gasteiger partial charge in [-0.3, -0.25) is 4.79 Å². The molecular formula is C16H25ClN2O3. The SMILES string of the molecule is COc1ccc(OC)c(CCC(=O)N(C)C2CCNC2)c1.Cl. The van der Waals surface area contributed by atoms with E-state index in [2.05, 4.69) is 5.32 Å². The van der Waals surface area contributed by atoms with Gasteiger partial charge >= 0.3 is 0 Å². The Bertz CT molecular complexity index is 490. The van der Waals surface area contributed by atoms with Crippen molar-refractivity contribution in [3.05, 3.63) is 23.8 Å². The molecule has 0 bridgehead atoms. The largest absolute Gasteiger partial charge is 0.497 e. The van der Waals surface area contributed by atoms with Gasteiger partial charge in [0.1, 0.15) is 11.5 Å². The third kappa shape index (κ3) is 4.52. The molecule has 124 valence electrons. The van der Waals surface area contributed by atoms with Crippen LogP contribution in [0.1, 0.15) is 18.4 Å². The van der Waals surface area contributed by atoms with Crippen LogP contribution in [0, 0.1) is 0 Å². The molecule has 0 saturated carbocycles. The number of carbonyl (C=O) groups is 1. The van der Waals surface area contributed by atoms with Crippen LogP contribution in [0.3, 0.4) is 0 Å². The van der Waals surface area contributed by atoms with Crippen LogP contribution in [0.25, 0.3) is 0 Å². The van der Waals surface area contributed by atoms with Crippen molar-refractivity contribution in [1.82, 2.24) is 10.2 Å². The zero-order valence-electron chi connectivity index (χ0n) is 13.4. The Morgan fingerprint density at radius 1 is 1.36 bits per heavy atom. The van der Waals surface area contributed by atoms with Gasteiger partial charge < -0.3 is 19.7 Å². The van der Waals surface area contributed by atoms with Crippen molar-refractivity contribution in [3.8, 4) is 11.5 Å². The Morgan fingerprint density at radius 3 is 2.73 bits per heavy atom. The third-order valence-electron chi connectivity index (χ3n) is 4.07. The Kier molecular flexibility index (Phi) is 7.48. The number of amides is 1. The first-order valence-corrected chi connectivity index (χ1v) is 7.33. The van der Waals surface area contributed by atoms with Crippen LogP contribution in [-0.4, -0.2) is 51.2 Å². The summed E-state index contributed by atoms with van der Waals surface area (Å²) < 4.78 is 10.6. The quantitative estimate of drug-likeness (QED) is 0.866. The lowest BCUT2D eigenvalue weighted by Crippen LogP contribution is -2.38. The number of benzene rings is 1. The average molecular weight is 329 g/mol. The number of aryl methyl sites for hydroxylation is 1. The normalized spacial score (nSPS) is 16.8. The molecule has 1 aromatic carbocycles. The minimum Gasteiger partial charge on any atom is -0.497 e. The van der Waals surface area contributed by atoms with E-state index in [0.717, 1.165) is 36.6 Å². The summed E-state index contributed by atoms with van der Waals surface area (Å²) in [4.78, 5) is 14.2. The number of ether oxygens (including phenoxy) is 2. The molecule has 1 aliphatic heterocycles. The summed E-state index contributed by atoms with van der Waals surface area (Å²) in [5, 5.41) is 3.28. The maximum atomic E-state index is 12.3. The van der Waals surface area contributed by atoms with Gasteiger partial charge in [-0.2, -0.15) is 0 Å². The van der Waals surface area contributed by atoms with Gasteiger partial charge in [-0.1, -0.05) is 0 Å². The van der Waals surface area contributed by atoms with Crippen LogP contribution in [0.5, 0.6) is 11.5 Å². The molecule has 5 nitrogen and oxygen atoms in total. The number of nitrogens with one attached hydrogen (secondary N) is 1. The number of halogens is 1. The van der Waals surface area contributed by atoms with E-state index in [4.69, 9.17) is 9.47 Å². The Hall–Kier alpha value is -1.46. The van der Waals surface area contributed by atoms with Crippen LogP contribution in [0.15, 0.2) is 18.2 Å². The topological polar surface area (TPSA) is 50.8 Å². The van der Waals surface area contributed by atoms with Gasteiger partial charge in [0, 0.05) is 26.1 Å². The molecule has 6 heteroatoms. The highest BCUT2D eigenvalue weighted by Crippen LogP contribution is 2.25. The molecule has 1 N–H and O–H groups in total. The molecule has 1 aliphatic rings. The highest BCUT2D eigenvalue weighted by atomic mass is 35.5. The molecule has 1 saturated heterocycles. The molecule has 2 rings (SSSR count). The van der Waals surface area contributed by atoms with E-state index < -0.39 is 0 Å². The maximum Gasteiger partial charge on any atom is 0.222 e. The van der Waals surface area contributed by atoms with Crippen molar-refractivity contribution in [2.45, 2.75) is 25.3 Å². The zero-order chi connectivity index (χ0) is 15.2. The fourth-order valence-corrected chi connectivity index (χ4v) is 2.67. The first kappa shape index (κ1) is 18.6. The first-order chi connectivity index (χ1) is 10.2. The zero-order valence-corrected chi connectivity index (χ0v) is 14.2. The summed E-state index contributed by atoms with van der Waals surface area (Å²) >= 11 is 0. The van der Waals surface area contributed by atoms with Gasteiger partial charge in [0.2, 0.25) is 5.91 Å². The minimum atomic E-state index is 0. The standard InChI is InChI=1S/C16H24N2O3.ClH/c1-18(13-8-9-17-11-13)16(19)7-4-12-10-14(20-2)5-6-15(12)21-3;/h5-6,10,13,17H,4,7-9,11H2,1-3H3;1H. The van der Waals surface area contributed by atoms with E-state index in [1.807, 2.05) is 30.1 Å². The second-order valence-electron chi connectivity index (χ2n) is 5.33. The number of methoxy groups -OCH3 is 2. The molecule has 1 fully saturated rings. The molecule has 1 unspecified atom stereocenters. The van der Waals surface area contributed by atoms with Gasteiger partial charge in [-0.25, -0.2) is 0 Å². The van der Waals surface area contributed by atoms with Crippen molar-refractivity contribution in [2.24, 2.45) is 0 Å². The summed E-state index contributed by atoms with van der Waals surface area (Å²) in [6, 6.07) is 6.00. The predicted molar refractivity (Wildman–Crippen MR) is 89.2 cm³/mol. The van der Waals surface area contributed by atoms with E-state index in [-0.39, 0.29) is 18.3 Å². The van der Waals surface area contributed by atoms with E-state index in [1.54, 1.807) is 14.2 Å². The molecule has 22 heavy (non-hydrogen) atoms. The van der Waals surface area contributed by atoms with E-state index in [0.29, 0.717) is 18.9 Å². The second kappa shape index (κ2) is 8.86. The lowest BCUT2D eigenvalue weighted by Gasteiger charge is -2.24. The van der Waals surface area contributed by atoms with E-state index >= 15 is 0 Å². The molecule has 1 atom stereocenters. The molecule has 0 aliphatic carbocycles. The lowest BCUT2D eigenvalue weighted by atomic mass is 10.1. The van der Waals surface area contributed by atoms with Crippen molar-refractivity contribution >= 4 is 18.3 Å². The van der Waals surface area contributed by atoms with Gasteiger partial charge in [0.15, 0.2) is 0 Å². The Labute approximate surface area is 138 Å². The number of hydrogen-bond donors (Lipinski definition) is 1. The summed E-state index contributed by atoms with van der Waals surface area (Å²) in [5.41, 5.74) is 1.00. The summed E-state index contributed by atoms with van der Waals surface area (Å²) in [7, 11) is 5.17. The highest BCUT2D eigenvalue weighted by Gasteiger charge is 2.23. The second-order valence-corrected chi connectivity index (χ2v) is 5.33. The summed E-state index contributed by atoms with van der Waals surface area (Å²) in [6.07, 6.45) is 2.17. The molecule has 1 aromatic rings. The highest BCUT2D eigenvalue weighted by molar-refractivity contribution is 5.85. The lowest BCUT2D eigenvalue weighted by molar-refractivity contribution is -0.131. The number of rotatable bonds is 6. The molecule has 0 radical (unpaired) electrons. The Morgan fingerprint density at radius 2 is 2.14 bits per heavy atom. The average Bonchev–Trinajstić information content (AvgIpc) is 3.05. The molecule has 0 spiro atoms.